The molecule has 0 aliphatic heterocycles. The van der Waals surface area contributed by atoms with Crippen molar-refractivity contribution in [3.05, 3.63) is 42.3 Å². The Labute approximate surface area is 155 Å². The van der Waals surface area contributed by atoms with Gasteiger partial charge in [0, 0.05) is 0 Å². The third-order valence-electron chi connectivity index (χ3n) is 3.92. The van der Waals surface area contributed by atoms with Crippen LogP contribution in [0.25, 0.3) is 0 Å². The van der Waals surface area contributed by atoms with E-state index >= 15 is 0 Å². The predicted molar refractivity (Wildman–Crippen MR) is 92.2 cm³/mol. The number of benzene rings is 1. The van der Waals surface area contributed by atoms with Gasteiger partial charge in [-0.05, 0) is 0 Å². The number of rotatable bonds is 11. The van der Waals surface area contributed by atoms with E-state index in [1.807, 2.05) is 0 Å². The second kappa shape index (κ2) is 16.5. The van der Waals surface area contributed by atoms with Crippen LogP contribution in [-0.4, -0.2) is 23.1 Å². The maximum absolute atomic E-state index is 4.08. The standard InChI is InChI=1S/C19H31.ClH.Mg/c1-3-4-5-6-7-8-9-10-11-12-16-19-17-14-13-15-18(19)2;;/h13-15,17H,2-12,16H2,1H3;1H;/q-1;;+2/p-1. The molecule has 0 atom stereocenters. The average Bonchev–Trinajstić information content (AvgIpc) is 2.43. The Morgan fingerprint density at radius 1 is 0.762 bits per heavy atom. The molecule has 0 unspecified atom stereocenters. The van der Waals surface area contributed by atoms with Crippen molar-refractivity contribution in [2.24, 2.45) is 0 Å². The molecule has 0 amide bonds. The minimum absolute atomic E-state index is 0. The Balaban J connectivity index is 0. The van der Waals surface area contributed by atoms with E-state index in [1.165, 1.54) is 81.8 Å². The number of aryl methyl sites for hydroxylation is 1. The molecule has 0 aliphatic rings. The summed E-state index contributed by atoms with van der Waals surface area (Å²) >= 11 is 0. The van der Waals surface area contributed by atoms with Crippen LogP contribution in [0.3, 0.4) is 0 Å². The first-order valence-corrected chi connectivity index (χ1v) is 8.24. The molecule has 0 nitrogen and oxygen atoms in total. The minimum atomic E-state index is 0. The van der Waals surface area contributed by atoms with Crippen LogP contribution in [0, 0.1) is 6.92 Å². The van der Waals surface area contributed by atoms with Gasteiger partial charge in [0.2, 0.25) is 0 Å². The Hall–Kier alpha value is 0.146. The van der Waals surface area contributed by atoms with Crippen molar-refractivity contribution in [1.29, 1.82) is 0 Å². The molecule has 0 saturated carbocycles. The molecule has 21 heavy (non-hydrogen) atoms. The zero-order valence-corrected chi connectivity index (χ0v) is 16.0. The molecule has 0 aromatic heterocycles. The van der Waals surface area contributed by atoms with E-state index in [0.717, 1.165) is 0 Å². The molecule has 1 rings (SSSR count). The largest absolute Gasteiger partial charge is 2.00 e. The van der Waals surface area contributed by atoms with Crippen LogP contribution in [0.15, 0.2) is 24.3 Å². The van der Waals surface area contributed by atoms with Gasteiger partial charge in [-0.2, -0.15) is 18.6 Å². The van der Waals surface area contributed by atoms with Crippen LogP contribution >= 0.6 is 0 Å². The number of hydrogen-bond donors (Lipinski definition) is 0. The second-order valence-corrected chi connectivity index (χ2v) is 5.70. The first kappa shape index (κ1) is 23.4. The molecule has 1 aromatic carbocycles. The third-order valence-corrected chi connectivity index (χ3v) is 3.92. The SMILES string of the molecule is [CH2-]c1ccccc1CCCCCCCCCCCC.[Cl-].[Mg+2]. The Kier molecular flexibility index (Phi) is 18.4. The molecule has 0 heterocycles. The van der Waals surface area contributed by atoms with Crippen LogP contribution in [0.5, 0.6) is 0 Å². The molecule has 0 spiro atoms. The fraction of sp³-hybridized carbons (Fsp3) is 0.632. The maximum atomic E-state index is 4.08. The summed E-state index contributed by atoms with van der Waals surface area (Å²) in [6.45, 7) is 6.37. The predicted octanol–water partition coefficient (Wildman–Crippen LogP) is 2.96. The van der Waals surface area contributed by atoms with E-state index < -0.39 is 0 Å². The van der Waals surface area contributed by atoms with E-state index in [2.05, 4.69) is 38.1 Å². The van der Waals surface area contributed by atoms with E-state index in [-0.39, 0.29) is 35.5 Å². The van der Waals surface area contributed by atoms with Gasteiger partial charge in [-0.15, -0.1) is 17.7 Å². The van der Waals surface area contributed by atoms with Crippen LogP contribution in [0.2, 0.25) is 0 Å². The summed E-state index contributed by atoms with van der Waals surface area (Å²) in [5, 5.41) is 0. The number of unbranched alkanes of at least 4 members (excludes halogenated alkanes) is 9. The van der Waals surface area contributed by atoms with Gasteiger partial charge in [-0.25, -0.2) is 0 Å². The van der Waals surface area contributed by atoms with Gasteiger partial charge >= 0.3 is 23.1 Å². The van der Waals surface area contributed by atoms with E-state index in [0.29, 0.717) is 0 Å². The van der Waals surface area contributed by atoms with Gasteiger partial charge in [0.05, 0.1) is 0 Å². The van der Waals surface area contributed by atoms with Crippen LogP contribution < -0.4 is 12.4 Å². The maximum Gasteiger partial charge on any atom is 2.00 e. The first-order chi connectivity index (χ1) is 9.34. The number of halogens is 1. The van der Waals surface area contributed by atoms with Crippen LogP contribution in [0.1, 0.15) is 82.3 Å². The summed E-state index contributed by atoms with van der Waals surface area (Å²) in [4.78, 5) is 0. The molecule has 0 saturated heterocycles. The van der Waals surface area contributed by atoms with Crippen LogP contribution in [-0.2, 0) is 6.42 Å². The quantitative estimate of drug-likeness (QED) is 0.334. The van der Waals surface area contributed by atoms with Gasteiger partial charge in [0.25, 0.3) is 0 Å². The second-order valence-electron chi connectivity index (χ2n) is 5.70. The molecule has 0 aliphatic carbocycles. The molecule has 0 fully saturated rings. The third kappa shape index (κ3) is 12.4. The molecular weight excluding hydrogens is 288 g/mol. The van der Waals surface area contributed by atoms with Gasteiger partial charge in [0.15, 0.2) is 0 Å². The molecule has 0 radical (unpaired) electrons. The van der Waals surface area contributed by atoms with Crippen molar-refractivity contribution in [1.82, 2.24) is 0 Å². The van der Waals surface area contributed by atoms with E-state index in [1.54, 1.807) is 0 Å². The van der Waals surface area contributed by atoms with Gasteiger partial charge < -0.3 is 12.4 Å². The topological polar surface area (TPSA) is 0 Å². The Morgan fingerprint density at radius 2 is 1.24 bits per heavy atom. The minimum Gasteiger partial charge on any atom is -1.00 e. The average molecular weight is 319 g/mol. The molecule has 0 N–H and O–H groups in total. The van der Waals surface area contributed by atoms with Crippen LogP contribution in [0.4, 0.5) is 0 Å². The van der Waals surface area contributed by atoms with Crippen molar-refractivity contribution in [2.75, 3.05) is 0 Å². The fourth-order valence-electron chi connectivity index (χ4n) is 2.60. The van der Waals surface area contributed by atoms with Crippen molar-refractivity contribution in [3.63, 3.8) is 0 Å². The monoisotopic (exact) mass is 318 g/mol. The molecule has 116 valence electrons. The molecule has 1 aromatic rings. The van der Waals surface area contributed by atoms with E-state index in [4.69, 9.17) is 0 Å². The van der Waals surface area contributed by atoms with Crippen molar-refractivity contribution in [2.45, 2.75) is 77.6 Å². The summed E-state index contributed by atoms with van der Waals surface area (Å²) in [6, 6.07) is 8.53. The molecular formula is C19H31ClMg. The summed E-state index contributed by atoms with van der Waals surface area (Å²) in [5.41, 5.74) is 2.64. The Bertz CT molecular complexity index is 325. The normalized spacial score (nSPS) is 9.76. The van der Waals surface area contributed by atoms with Gasteiger partial charge in [-0.1, -0.05) is 83.6 Å². The van der Waals surface area contributed by atoms with Gasteiger partial charge in [0.1, 0.15) is 0 Å². The van der Waals surface area contributed by atoms with Crippen molar-refractivity contribution < 1.29 is 12.4 Å². The van der Waals surface area contributed by atoms with E-state index in [9.17, 15) is 0 Å². The van der Waals surface area contributed by atoms with Crippen molar-refractivity contribution in [3.8, 4) is 0 Å². The number of hydrogen-bond acceptors (Lipinski definition) is 0. The van der Waals surface area contributed by atoms with Crippen molar-refractivity contribution >= 4 is 23.1 Å². The first-order valence-electron chi connectivity index (χ1n) is 8.24. The molecule has 2 heteroatoms. The summed E-state index contributed by atoms with van der Waals surface area (Å²) in [5.74, 6) is 0. The zero-order valence-electron chi connectivity index (χ0n) is 13.9. The van der Waals surface area contributed by atoms with Gasteiger partial charge in [-0.3, -0.25) is 0 Å². The Morgan fingerprint density at radius 3 is 1.76 bits per heavy atom. The zero-order chi connectivity index (χ0) is 13.8. The summed E-state index contributed by atoms with van der Waals surface area (Å²) in [7, 11) is 0. The fourth-order valence-corrected chi connectivity index (χ4v) is 2.60. The summed E-state index contributed by atoms with van der Waals surface area (Å²) in [6.07, 6.45) is 15.3. The molecule has 0 bridgehead atoms. The summed E-state index contributed by atoms with van der Waals surface area (Å²) < 4.78 is 0. The smallest absolute Gasteiger partial charge is 1.00 e.